The highest BCUT2D eigenvalue weighted by atomic mass is 32.1. The minimum absolute atomic E-state index is 0.192. The zero-order chi connectivity index (χ0) is 21.8. The Morgan fingerprint density at radius 3 is 2.61 bits per heavy atom. The SMILES string of the molecule is Cc1nn(-c2cc(Oc3ccc(NC(=O)/C=C/c4cccs4)cc3)ncn2)c(C)c1C. The molecule has 8 heteroatoms. The Bertz CT molecular complexity index is 1230. The predicted molar refractivity (Wildman–Crippen MR) is 122 cm³/mol. The average Bonchev–Trinajstić information content (AvgIpc) is 3.38. The summed E-state index contributed by atoms with van der Waals surface area (Å²) in [4.78, 5) is 21.6. The summed E-state index contributed by atoms with van der Waals surface area (Å²) in [6.07, 6.45) is 4.75. The number of ether oxygens (including phenoxy) is 1. The molecule has 3 aromatic heterocycles. The van der Waals surface area contributed by atoms with E-state index in [9.17, 15) is 4.79 Å². The number of anilines is 1. The highest BCUT2D eigenvalue weighted by molar-refractivity contribution is 7.10. The summed E-state index contributed by atoms with van der Waals surface area (Å²) >= 11 is 1.58. The largest absolute Gasteiger partial charge is 0.439 e. The molecule has 0 aliphatic heterocycles. The van der Waals surface area contributed by atoms with Gasteiger partial charge in [-0.05, 0) is 68.1 Å². The Balaban J connectivity index is 1.42. The quantitative estimate of drug-likeness (QED) is 0.430. The molecule has 0 aliphatic carbocycles. The predicted octanol–water partition coefficient (Wildman–Crippen LogP) is 5.09. The summed E-state index contributed by atoms with van der Waals surface area (Å²) in [6, 6.07) is 12.7. The second-order valence-corrected chi connectivity index (χ2v) is 7.87. The van der Waals surface area contributed by atoms with Crippen LogP contribution < -0.4 is 10.1 Å². The third-order valence-corrected chi connectivity index (χ3v) is 5.62. The van der Waals surface area contributed by atoms with E-state index >= 15 is 0 Å². The minimum atomic E-state index is -0.192. The van der Waals surface area contributed by atoms with Gasteiger partial charge >= 0.3 is 0 Å². The number of rotatable bonds is 6. The lowest BCUT2D eigenvalue weighted by atomic mass is 10.2. The van der Waals surface area contributed by atoms with Gasteiger partial charge in [-0.1, -0.05) is 6.07 Å². The van der Waals surface area contributed by atoms with E-state index in [2.05, 4.69) is 20.4 Å². The first kappa shape index (κ1) is 20.5. The fraction of sp³-hybridized carbons (Fsp3) is 0.130. The zero-order valence-electron chi connectivity index (χ0n) is 17.4. The van der Waals surface area contributed by atoms with Crippen molar-refractivity contribution in [3.8, 4) is 17.4 Å². The standard InChI is InChI=1S/C23H21N5O2S/c1-15-16(2)27-28(17(15)3)21-13-23(25-14-24-21)30-19-8-6-18(7-9-19)26-22(29)11-10-20-5-4-12-31-20/h4-14H,1-3H3,(H,26,29)/b11-10+. The smallest absolute Gasteiger partial charge is 0.248 e. The van der Waals surface area contributed by atoms with E-state index in [-0.39, 0.29) is 5.91 Å². The van der Waals surface area contributed by atoms with Crippen LogP contribution in [-0.4, -0.2) is 25.7 Å². The summed E-state index contributed by atoms with van der Waals surface area (Å²) in [5, 5.41) is 9.32. The van der Waals surface area contributed by atoms with Crippen LogP contribution in [0.5, 0.6) is 11.6 Å². The molecular formula is C23H21N5O2S. The minimum Gasteiger partial charge on any atom is -0.439 e. The molecule has 0 saturated carbocycles. The van der Waals surface area contributed by atoms with E-state index in [1.54, 1.807) is 52.4 Å². The number of benzene rings is 1. The third kappa shape index (κ3) is 4.87. The maximum atomic E-state index is 12.1. The van der Waals surface area contributed by atoms with Crippen molar-refractivity contribution < 1.29 is 9.53 Å². The van der Waals surface area contributed by atoms with Crippen LogP contribution in [0.15, 0.2) is 60.2 Å². The lowest BCUT2D eigenvalue weighted by molar-refractivity contribution is -0.111. The first-order chi connectivity index (χ1) is 15.0. The number of carbonyl (C=O) groups is 1. The first-order valence-corrected chi connectivity index (χ1v) is 10.5. The van der Waals surface area contributed by atoms with Gasteiger partial charge in [-0.2, -0.15) is 5.10 Å². The van der Waals surface area contributed by atoms with Crippen molar-refractivity contribution in [2.45, 2.75) is 20.8 Å². The molecule has 156 valence electrons. The number of carbonyl (C=O) groups excluding carboxylic acids is 1. The van der Waals surface area contributed by atoms with Crippen LogP contribution in [0, 0.1) is 20.8 Å². The normalized spacial score (nSPS) is 11.1. The summed E-state index contributed by atoms with van der Waals surface area (Å²) in [5.74, 6) is 1.45. The highest BCUT2D eigenvalue weighted by Crippen LogP contribution is 2.23. The summed E-state index contributed by atoms with van der Waals surface area (Å²) < 4.78 is 7.64. The molecule has 1 aromatic carbocycles. The van der Waals surface area contributed by atoms with Gasteiger partial charge in [0.1, 0.15) is 12.1 Å². The molecule has 0 aliphatic rings. The monoisotopic (exact) mass is 431 g/mol. The fourth-order valence-corrected chi connectivity index (χ4v) is 3.52. The van der Waals surface area contributed by atoms with Gasteiger partial charge in [0.15, 0.2) is 5.82 Å². The molecule has 1 N–H and O–H groups in total. The van der Waals surface area contributed by atoms with Crippen molar-refractivity contribution in [3.63, 3.8) is 0 Å². The van der Waals surface area contributed by atoms with Crippen LogP contribution in [0.4, 0.5) is 5.69 Å². The first-order valence-electron chi connectivity index (χ1n) is 9.65. The topological polar surface area (TPSA) is 81.9 Å². The Labute approximate surface area is 184 Å². The van der Waals surface area contributed by atoms with Crippen LogP contribution in [0.3, 0.4) is 0 Å². The van der Waals surface area contributed by atoms with Crippen LogP contribution in [0.2, 0.25) is 0 Å². The molecule has 31 heavy (non-hydrogen) atoms. The number of nitrogens with zero attached hydrogens (tertiary/aromatic N) is 4. The van der Waals surface area contributed by atoms with Gasteiger partial charge in [0.2, 0.25) is 11.8 Å². The van der Waals surface area contributed by atoms with Gasteiger partial charge in [-0.3, -0.25) is 4.79 Å². The number of amides is 1. The number of aromatic nitrogens is 4. The van der Waals surface area contributed by atoms with Gasteiger partial charge < -0.3 is 10.1 Å². The number of hydrogen-bond donors (Lipinski definition) is 1. The van der Waals surface area contributed by atoms with Crippen molar-refractivity contribution in [1.82, 2.24) is 19.7 Å². The van der Waals surface area contributed by atoms with Crippen LogP contribution in [0.1, 0.15) is 21.8 Å². The second-order valence-electron chi connectivity index (χ2n) is 6.89. The van der Waals surface area contributed by atoms with Crippen molar-refractivity contribution in [2.24, 2.45) is 0 Å². The molecule has 4 aromatic rings. The number of aryl methyl sites for hydroxylation is 1. The molecular weight excluding hydrogens is 410 g/mol. The average molecular weight is 432 g/mol. The van der Waals surface area contributed by atoms with E-state index in [0.29, 0.717) is 23.1 Å². The number of thiophene rings is 1. The Kier molecular flexibility index (Phi) is 5.90. The van der Waals surface area contributed by atoms with Crippen molar-refractivity contribution in [3.05, 3.63) is 82.1 Å². The van der Waals surface area contributed by atoms with Crippen LogP contribution in [0.25, 0.3) is 11.9 Å². The Morgan fingerprint density at radius 2 is 1.94 bits per heavy atom. The molecule has 0 fully saturated rings. The third-order valence-electron chi connectivity index (χ3n) is 4.78. The maximum absolute atomic E-state index is 12.1. The van der Waals surface area contributed by atoms with Gasteiger partial charge in [0.05, 0.1) is 5.69 Å². The Morgan fingerprint density at radius 1 is 1.13 bits per heavy atom. The lowest BCUT2D eigenvalue weighted by Crippen LogP contribution is -2.07. The van der Waals surface area contributed by atoms with E-state index < -0.39 is 0 Å². The Hall–Kier alpha value is -3.78. The lowest BCUT2D eigenvalue weighted by Gasteiger charge is -2.08. The van der Waals surface area contributed by atoms with E-state index in [0.717, 1.165) is 21.8 Å². The van der Waals surface area contributed by atoms with Gasteiger partial charge in [-0.15, -0.1) is 11.3 Å². The number of nitrogens with one attached hydrogen (secondary N) is 1. The molecule has 3 heterocycles. The van der Waals surface area contributed by atoms with E-state index in [4.69, 9.17) is 4.74 Å². The zero-order valence-corrected chi connectivity index (χ0v) is 18.2. The van der Waals surface area contributed by atoms with E-state index in [1.807, 2.05) is 38.3 Å². The summed E-state index contributed by atoms with van der Waals surface area (Å²) in [6.45, 7) is 6.00. The fourth-order valence-electron chi connectivity index (χ4n) is 2.90. The molecule has 0 spiro atoms. The summed E-state index contributed by atoms with van der Waals surface area (Å²) in [5.41, 5.74) is 3.79. The van der Waals surface area contributed by atoms with Crippen molar-refractivity contribution >= 4 is 29.0 Å². The van der Waals surface area contributed by atoms with Crippen molar-refractivity contribution in [2.75, 3.05) is 5.32 Å². The van der Waals surface area contributed by atoms with Crippen LogP contribution >= 0.6 is 11.3 Å². The molecule has 1 amide bonds. The summed E-state index contributed by atoms with van der Waals surface area (Å²) in [7, 11) is 0. The number of hydrogen-bond acceptors (Lipinski definition) is 6. The second kappa shape index (κ2) is 8.93. The molecule has 0 atom stereocenters. The molecule has 7 nitrogen and oxygen atoms in total. The molecule has 0 bridgehead atoms. The molecule has 0 saturated heterocycles. The van der Waals surface area contributed by atoms with E-state index in [1.165, 1.54) is 12.4 Å². The molecule has 4 rings (SSSR count). The van der Waals surface area contributed by atoms with Gasteiger partial charge in [0, 0.05) is 28.4 Å². The van der Waals surface area contributed by atoms with Crippen LogP contribution in [-0.2, 0) is 4.79 Å². The van der Waals surface area contributed by atoms with Gasteiger partial charge in [0.25, 0.3) is 0 Å². The van der Waals surface area contributed by atoms with Crippen molar-refractivity contribution in [1.29, 1.82) is 0 Å². The molecule has 0 unspecified atom stereocenters. The van der Waals surface area contributed by atoms with Gasteiger partial charge in [-0.25, -0.2) is 14.6 Å². The molecule has 0 radical (unpaired) electrons. The highest BCUT2D eigenvalue weighted by Gasteiger charge is 2.11. The maximum Gasteiger partial charge on any atom is 0.248 e.